The van der Waals surface area contributed by atoms with Crippen molar-refractivity contribution in [2.24, 2.45) is 0 Å². The molecule has 2 aliphatic rings. The number of amides is 1. The van der Waals surface area contributed by atoms with Gasteiger partial charge in [-0.3, -0.25) is 4.79 Å². The summed E-state index contributed by atoms with van der Waals surface area (Å²) in [5.41, 5.74) is 1.96. The zero-order valence-electron chi connectivity index (χ0n) is 13.3. The first-order valence-electron chi connectivity index (χ1n) is 7.54. The zero-order valence-corrected chi connectivity index (χ0v) is 14.9. The highest BCUT2D eigenvalue weighted by Gasteiger charge is 2.58. The summed E-state index contributed by atoms with van der Waals surface area (Å²) in [5, 5.41) is 9.43. The lowest BCUT2D eigenvalue weighted by molar-refractivity contribution is -0.148. The Hall–Kier alpha value is -1.40. The Morgan fingerprint density at radius 3 is 2.57 bits per heavy atom. The highest BCUT2D eigenvalue weighted by atomic mass is 32.2. The van der Waals surface area contributed by atoms with Crippen LogP contribution in [-0.2, 0) is 9.59 Å². The van der Waals surface area contributed by atoms with E-state index in [1.165, 1.54) is 11.8 Å². The fourth-order valence-electron chi connectivity index (χ4n) is 3.24. The Balaban J connectivity index is 2.13. The van der Waals surface area contributed by atoms with Gasteiger partial charge in [0.25, 0.3) is 5.91 Å². The van der Waals surface area contributed by atoms with E-state index in [4.69, 9.17) is 0 Å². The summed E-state index contributed by atoms with van der Waals surface area (Å²) in [4.78, 5) is 27.0. The number of carboxylic acids is 1. The maximum atomic E-state index is 12.9. The van der Waals surface area contributed by atoms with E-state index in [9.17, 15) is 14.7 Å². The second-order valence-electron chi connectivity index (χ2n) is 6.07. The van der Waals surface area contributed by atoms with Gasteiger partial charge in [-0.15, -0.1) is 23.5 Å². The van der Waals surface area contributed by atoms with Crippen molar-refractivity contribution in [3.63, 3.8) is 0 Å². The number of nitrogens with zero attached hydrogens (tertiary/aromatic N) is 1. The van der Waals surface area contributed by atoms with Gasteiger partial charge in [0.05, 0.1) is 4.91 Å². The van der Waals surface area contributed by atoms with E-state index in [0.29, 0.717) is 4.91 Å². The van der Waals surface area contributed by atoms with Crippen LogP contribution >= 0.6 is 23.5 Å². The first-order valence-corrected chi connectivity index (χ1v) is 9.40. The van der Waals surface area contributed by atoms with Crippen LogP contribution in [0.25, 0.3) is 5.57 Å². The van der Waals surface area contributed by atoms with Crippen molar-refractivity contribution in [3.8, 4) is 0 Å². The lowest BCUT2D eigenvalue weighted by Crippen LogP contribution is -2.48. The molecule has 0 radical (unpaired) electrons. The molecular formula is C17H19NO3S2. The monoisotopic (exact) mass is 349 g/mol. The van der Waals surface area contributed by atoms with Crippen molar-refractivity contribution in [2.75, 3.05) is 5.75 Å². The van der Waals surface area contributed by atoms with E-state index >= 15 is 0 Å². The smallest absolute Gasteiger partial charge is 0.327 e. The number of rotatable bonds is 4. The third-order valence-corrected chi connectivity index (χ3v) is 6.62. The van der Waals surface area contributed by atoms with E-state index < -0.39 is 16.8 Å². The molecule has 1 aromatic carbocycles. The predicted molar refractivity (Wildman–Crippen MR) is 95.2 cm³/mol. The second-order valence-corrected chi connectivity index (χ2v) is 9.08. The molecule has 6 heteroatoms. The topological polar surface area (TPSA) is 57.6 Å². The highest BCUT2D eigenvalue weighted by Crippen LogP contribution is 2.55. The number of hydrogen-bond acceptors (Lipinski definition) is 4. The lowest BCUT2D eigenvalue weighted by Gasteiger charge is -2.26. The van der Waals surface area contributed by atoms with Gasteiger partial charge in [-0.25, -0.2) is 4.79 Å². The summed E-state index contributed by atoms with van der Waals surface area (Å²) >= 11 is 3.07. The van der Waals surface area contributed by atoms with Crippen molar-refractivity contribution in [3.05, 3.63) is 40.8 Å². The zero-order chi connectivity index (χ0) is 16.8. The second kappa shape index (κ2) is 5.91. The molecule has 122 valence electrons. The molecule has 2 aliphatic heterocycles. The van der Waals surface area contributed by atoms with Gasteiger partial charge in [0.15, 0.2) is 0 Å². The van der Waals surface area contributed by atoms with E-state index in [-0.39, 0.29) is 11.3 Å². The van der Waals surface area contributed by atoms with Crippen molar-refractivity contribution >= 4 is 41.0 Å². The third-order valence-electron chi connectivity index (χ3n) is 4.13. The van der Waals surface area contributed by atoms with Gasteiger partial charge >= 0.3 is 5.97 Å². The minimum absolute atomic E-state index is 0.147. The van der Waals surface area contributed by atoms with Crippen molar-refractivity contribution in [1.29, 1.82) is 0 Å². The maximum absolute atomic E-state index is 12.9. The molecule has 0 unspecified atom stereocenters. The Kier molecular flexibility index (Phi) is 4.23. The molecule has 1 aromatic rings. The number of carbonyl (C=O) groups is 2. The number of thioether (sulfide) groups is 2. The van der Waals surface area contributed by atoms with Crippen LogP contribution in [0.1, 0.15) is 26.3 Å². The van der Waals surface area contributed by atoms with Crippen LogP contribution in [-0.4, -0.2) is 43.8 Å². The van der Waals surface area contributed by atoms with Crippen molar-refractivity contribution < 1.29 is 14.7 Å². The summed E-state index contributed by atoms with van der Waals surface area (Å²) in [7, 11) is 0. The standard InChI is InChI=1S/C17H19NO3S2/c1-4-22-12-11(10-8-6-5-7-9-10)15-18(14(12)19)13(16(20)21)17(2,3)23-15/h5-9,13,15H,4H2,1-3H3,(H,20,21)/t13-,15+/m0/s1. The lowest BCUT2D eigenvalue weighted by atomic mass is 10.0. The molecule has 2 atom stereocenters. The summed E-state index contributed by atoms with van der Waals surface area (Å²) in [6.07, 6.45) is 0. The molecule has 0 aromatic heterocycles. The molecule has 0 bridgehead atoms. The van der Waals surface area contributed by atoms with Gasteiger partial charge in [-0.05, 0) is 25.2 Å². The number of carbonyl (C=O) groups excluding carboxylic acids is 1. The fraction of sp³-hybridized carbons (Fsp3) is 0.412. The molecule has 23 heavy (non-hydrogen) atoms. The molecule has 1 amide bonds. The summed E-state index contributed by atoms with van der Waals surface area (Å²) in [6, 6.07) is 9.01. The van der Waals surface area contributed by atoms with E-state index in [1.807, 2.05) is 51.1 Å². The van der Waals surface area contributed by atoms with Crippen LogP contribution < -0.4 is 0 Å². The fourth-order valence-corrected chi connectivity index (χ4v) is 5.84. The molecule has 3 rings (SSSR count). The van der Waals surface area contributed by atoms with E-state index in [1.54, 1.807) is 16.7 Å². The number of fused-ring (bicyclic) bond motifs is 1. The van der Waals surface area contributed by atoms with E-state index in [0.717, 1.165) is 16.9 Å². The largest absolute Gasteiger partial charge is 0.480 e. The summed E-state index contributed by atoms with van der Waals surface area (Å²) in [6.45, 7) is 5.80. The summed E-state index contributed by atoms with van der Waals surface area (Å²) < 4.78 is -0.519. The van der Waals surface area contributed by atoms with Gasteiger partial charge in [0, 0.05) is 10.3 Å². The Morgan fingerprint density at radius 2 is 2.00 bits per heavy atom. The van der Waals surface area contributed by atoms with Crippen LogP contribution in [0.4, 0.5) is 0 Å². The van der Waals surface area contributed by atoms with Crippen LogP contribution in [0.15, 0.2) is 35.2 Å². The Labute approximate surface area is 144 Å². The normalized spacial score (nSPS) is 25.9. The van der Waals surface area contributed by atoms with Crippen LogP contribution in [0, 0.1) is 0 Å². The van der Waals surface area contributed by atoms with Crippen LogP contribution in [0.5, 0.6) is 0 Å². The molecule has 1 fully saturated rings. The van der Waals surface area contributed by atoms with Gasteiger partial charge in [-0.2, -0.15) is 0 Å². The van der Waals surface area contributed by atoms with Crippen molar-refractivity contribution in [1.82, 2.24) is 4.90 Å². The first kappa shape index (κ1) is 16.5. The summed E-state index contributed by atoms with van der Waals surface area (Å²) in [5.74, 6) is -0.302. The highest BCUT2D eigenvalue weighted by molar-refractivity contribution is 8.05. The molecular weight excluding hydrogens is 330 g/mol. The Morgan fingerprint density at radius 1 is 1.35 bits per heavy atom. The first-order chi connectivity index (χ1) is 10.9. The van der Waals surface area contributed by atoms with Gasteiger partial charge in [0.2, 0.25) is 0 Å². The van der Waals surface area contributed by atoms with E-state index in [2.05, 4.69) is 0 Å². The quantitative estimate of drug-likeness (QED) is 0.904. The molecule has 0 spiro atoms. The minimum atomic E-state index is -0.937. The SMILES string of the molecule is CCSC1=C(c2ccccc2)[C@H]2SC(C)(C)[C@H](C(=O)O)N2C1=O. The third kappa shape index (κ3) is 2.58. The maximum Gasteiger partial charge on any atom is 0.327 e. The molecule has 1 saturated heterocycles. The number of benzene rings is 1. The van der Waals surface area contributed by atoms with Gasteiger partial charge in [0.1, 0.15) is 11.4 Å². The molecule has 0 aliphatic carbocycles. The van der Waals surface area contributed by atoms with Crippen LogP contribution in [0.2, 0.25) is 0 Å². The average Bonchev–Trinajstić information content (AvgIpc) is 2.90. The average molecular weight is 349 g/mol. The molecule has 2 heterocycles. The van der Waals surface area contributed by atoms with Gasteiger partial charge < -0.3 is 10.0 Å². The van der Waals surface area contributed by atoms with Crippen LogP contribution in [0.3, 0.4) is 0 Å². The molecule has 1 N–H and O–H groups in total. The molecule has 4 nitrogen and oxygen atoms in total. The van der Waals surface area contributed by atoms with Crippen molar-refractivity contribution in [2.45, 2.75) is 36.9 Å². The molecule has 0 saturated carbocycles. The number of carboxylic acid groups (broad SMARTS) is 1. The minimum Gasteiger partial charge on any atom is -0.480 e. The van der Waals surface area contributed by atoms with Gasteiger partial charge in [-0.1, -0.05) is 37.3 Å². The number of hydrogen-bond donors (Lipinski definition) is 1. The Bertz CT molecular complexity index is 684. The predicted octanol–water partition coefficient (Wildman–Crippen LogP) is 3.30. The number of aliphatic carboxylic acids is 1.